The molecule has 1 unspecified atom stereocenters. The predicted octanol–water partition coefficient (Wildman–Crippen LogP) is 3.21. The molecule has 23 heavy (non-hydrogen) atoms. The van der Waals surface area contributed by atoms with Crippen molar-refractivity contribution in [1.29, 1.82) is 0 Å². The SMILES string of the molecule is CCC1c2cccn2CCN1C(=O)c1coc2c1C(=O)CCC2. The molecule has 0 N–H and O–H groups in total. The summed E-state index contributed by atoms with van der Waals surface area (Å²) in [5, 5.41) is 0. The molecule has 4 rings (SSSR count). The van der Waals surface area contributed by atoms with Gasteiger partial charge >= 0.3 is 0 Å². The van der Waals surface area contributed by atoms with Crippen molar-refractivity contribution >= 4 is 11.7 Å². The molecule has 0 bridgehead atoms. The van der Waals surface area contributed by atoms with Crippen molar-refractivity contribution in [2.24, 2.45) is 0 Å². The van der Waals surface area contributed by atoms with Gasteiger partial charge in [0.05, 0.1) is 17.2 Å². The molecule has 1 amide bonds. The summed E-state index contributed by atoms with van der Waals surface area (Å²) in [5.74, 6) is 0.638. The highest BCUT2D eigenvalue weighted by Gasteiger charge is 2.35. The van der Waals surface area contributed by atoms with Crippen LogP contribution in [0.1, 0.15) is 64.4 Å². The van der Waals surface area contributed by atoms with Gasteiger partial charge in [0, 0.05) is 37.8 Å². The lowest BCUT2D eigenvalue weighted by molar-refractivity contribution is 0.0613. The van der Waals surface area contributed by atoms with Gasteiger partial charge in [-0.05, 0) is 25.0 Å². The summed E-state index contributed by atoms with van der Waals surface area (Å²) in [6.45, 7) is 3.54. The Balaban J connectivity index is 1.70. The molecule has 2 aromatic rings. The minimum Gasteiger partial charge on any atom is -0.468 e. The number of fused-ring (bicyclic) bond motifs is 2. The van der Waals surface area contributed by atoms with E-state index in [4.69, 9.17) is 4.42 Å². The summed E-state index contributed by atoms with van der Waals surface area (Å²) in [5.41, 5.74) is 2.14. The fourth-order valence-corrected chi connectivity index (χ4v) is 3.87. The fraction of sp³-hybridized carbons (Fsp3) is 0.444. The second-order valence-corrected chi connectivity index (χ2v) is 6.27. The molecule has 2 aromatic heterocycles. The van der Waals surface area contributed by atoms with E-state index < -0.39 is 0 Å². The normalized spacial score (nSPS) is 20.3. The Labute approximate surface area is 134 Å². The maximum atomic E-state index is 13.1. The number of furan rings is 1. The average Bonchev–Trinajstić information content (AvgIpc) is 3.20. The summed E-state index contributed by atoms with van der Waals surface area (Å²) >= 11 is 0. The van der Waals surface area contributed by atoms with E-state index in [2.05, 4.69) is 23.8 Å². The van der Waals surface area contributed by atoms with Crippen LogP contribution in [0.25, 0.3) is 0 Å². The molecule has 0 saturated heterocycles. The van der Waals surface area contributed by atoms with Crippen LogP contribution in [-0.2, 0) is 13.0 Å². The average molecular weight is 312 g/mol. The van der Waals surface area contributed by atoms with Gasteiger partial charge in [-0.1, -0.05) is 6.92 Å². The van der Waals surface area contributed by atoms with Crippen LogP contribution in [-0.4, -0.2) is 27.7 Å². The largest absolute Gasteiger partial charge is 0.468 e. The maximum absolute atomic E-state index is 13.1. The zero-order chi connectivity index (χ0) is 16.0. The summed E-state index contributed by atoms with van der Waals surface area (Å²) in [6.07, 6.45) is 6.45. The predicted molar refractivity (Wildman–Crippen MR) is 84.5 cm³/mol. The second-order valence-electron chi connectivity index (χ2n) is 6.27. The van der Waals surface area contributed by atoms with Crippen LogP contribution in [0.3, 0.4) is 0 Å². The third-order valence-corrected chi connectivity index (χ3v) is 5.00. The van der Waals surface area contributed by atoms with Gasteiger partial charge in [-0.2, -0.15) is 0 Å². The molecular weight excluding hydrogens is 292 g/mol. The van der Waals surface area contributed by atoms with Gasteiger partial charge in [-0.3, -0.25) is 9.59 Å². The number of aryl methyl sites for hydroxylation is 1. The molecule has 0 aromatic carbocycles. The van der Waals surface area contributed by atoms with Crippen molar-refractivity contribution < 1.29 is 14.0 Å². The Morgan fingerprint density at radius 3 is 3.04 bits per heavy atom. The molecule has 120 valence electrons. The van der Waals surface area contributed by atoms with Crippen LogP contribution in [0.5, 0.6) is 0 Å². The number of carbonyl (C=O) groups is 2. The minimum atomic E-state index is -0.0791. The van der Waals surface area contributed by atoms with Gasteiger partial charge < -0.3 is 13.9 Å². The lowest BCUT2D eigenvalue weighted by atomic mass is 9.93. The molecule has 0 fully saturated rings. The Hall–Kier alpha value is -2.30. The standard InChI is InChI=1S/C18H20N2O3/c1-2-13-14-5-4-8-19(14)9-10-20(13)18(22)12-11-23-16-7-3-6-15(21)17(12)16/h4-5,8,11,13H,2-3,6-7,9-10H2,1H3. The molecule has 5 heteroatoms. The van der Waals surface area contributed by atoms with E-state index >= 15 is 0 Å². The number of amides is 1. The third kappa shape index (κ3) is 2.14. The van der Waals surface area contributed by atoms with Gasteiger partial charge in [0.1, 0.15) is 12.0 Å². The quantitative estimate of drug-likeness (QED) is 0.855. The topological polar surface area (TPSA) is 55.5 Å². The highest BCUT2D eigenvalue weighted by Crippen LogP contribution is 2.33. The van der Waals surface area contributed by atoms with Crippen molar-refractivity contribution in [2.75, 3.05) is 6.54 Å². The van der Waals surface area contributed by atoms with Gasteiger partial charge in [0.2, 0.25) is 0 Å². The monoisotopic (exact) mass is 312 g/mol. The van der Waals surface area contributed by atoms with E-state index in [1.165, 1.54) is 6.26 Å². The van der Waals surface area contributed by atoms with Crippen molar-refractivity contribution in [3.8, 4) is 0 Å². The highest BCUT2D eigenvalue weighted by molar-refractivity contribution is 6.09. The lowest BCUT2D eigenvalue weighted by Gasteiger charge is -2.36. The first kappa shape index (κ1) is 14.3. The molecule has 0 saturated carbocycles. The van der Waals surface area contributed by atoms with Crippen LogP contribution < -0.4 is 0 Å². The molecule has 1 atom stereocenters. The van der Waals surface area contributed by atoms with Gasteiger partial charge in [-0.25, -0.2) is 0 Å². The van der Waals surface area contributed by atoms with E-state index in [1.807, 2.05) is 11.0 Å². The van der Waals surface area contributed by atoms with Crippen molar-refractivity contribution in [2.45, 2.75) is 45.2 Å². The minimum absolute atomic E-state index is 0.0387. The van der Waals surface area contributed by atoms with E-state index in [-0.39, 0.29) is 17.7 Å². The van der Waals surface area contributed by atoms with Gasteiger partial charge in [-0.15, -0.1) is 0 Å². The summed E-state index contributed by atoms with van der Waals surface area (Å²) in [4.78, 5) is 27.2. The molecule has 0 radical (unpaired) electrons. The second kappa shape index (κ2) is 5.41. The van der Waals surface area contributed by atoms with Crippen molar-refractivity contribution in [1.82, 2.24) is 9.47 Å². The summed E-state index contributed by atoms with van der Waals surface area (Å²) < 4.78 is 7.72. The van der Waals surface area contributed by atoms with Crippen LogP contribution >= 0.6 is 0 Å². The number of Topliss-reactive ketones (excluding diaryl/α,β-unsaturated/α-hetero) is 1. The Morgan fingerprint density at radius 2 is 2.22 bits per heavy atom. The van der Waals surface area contributed by atoms with E-state index in [0.717, 1.165) is 31.5 Å². The van der Waals surface area contributed by atoms with E-state index in [9.17, 15) is 9.59 Å². The molecule has 1 aliphatic heterocycles. The molecule has 5 nitrogen and oxygen atoms in total. The Bertz CT molecular complexity index is 771. The first-order valence-electron chi connectivity index (χ1n) is 8.30. The third-order valence-electron chi connectivity index (χ3n) is 5.00. The number of aromatic nitrogens is 1. The van der Waals surface area contributed by atoms with Gasteiger partial charge in [0.25, 0.3) is 5.91 Å². The smallest absolute Gasteiger partial charge is 0.258 e. The van der Waals surface area contributed by atoms with Gasteiger partial charge in [0.15, 0.2) is 5.78 Å². The highest BCUT2D eigenvalue weighted by atomic mass is 16.3. The summed E-state index contributed by atoms with van der Waals surface area (Å²) in [6, 6.07) is 4.15. The number of hydrogen-bond acceptors (Lipinski definition) is 3. The van der Waals surface area contributed by atoms with E-state index in [0.29, 0.717) is 29.9 Å². The number of rotatable bonds is 2. The summed E-state index contributed by atoms with van der Waals surface area (Å²) in [7, 11) is 0. The number of ketones is 1. The van der Waals surface area contributed by atoms with Crippen molar-refractivity contribution in [3.05, 3.63) is 47.2 Å². The molecular formula is C18H20N2O3. The maximum Gasteiger partial charge on any atom is 0.258 e. The fourth-order valence-electron chi connectivity index (χ4n) is 3.87. The van der Waals surface area contributed by atoms with Crippen molar-refractivity contribution in [3.63, 3.8) is 0 Å². The molecule has 1 aliphatic carbocycles. The zero-order valence-electron chi connectivity index (χ0n) is 13.2. The molecule has 3 heterocycles. The zero-order valence-corrected chi connectivity index (χ0v) is 13.2. The van der Waals surface area contributed by atoms with Crippen LogP contribution in [0, 0.1) is 0 Å². The van der Waals surface area contributed by atoms with Crippen LogP contribution in [0.2, 0.25) is 0 Å². The molecule has 2 aliphatic rings. The number of carbonyl (C=O) groups excluding carboxylic acids is 2. The number of nitrogens with zero attached hydrogens (tertiary/aromatic N) is 2. The number of hydrogen-bond donors (Lipinski definition) is 0. The van der Waals surface area contributed by atoms with Crippen LogP contribution in [0.4, 0.5) is 0 Å². The van der Waals surface area contributed by atoms with E-state index in [1.54, 1.807) is 0 Å². The Morgan fingerprint density at radius 1 is 1.35 bits per heavy atom. The first-order valence-corrected chi connectivity index (χ1v) is 8.30. The first-order chi connectivity index (χ1) is 11.2. The Kier molecular flexibility index (Phi) is 3.36. The lowest BCUT2D eigenvalue weighted by Crippen LogP contribution is -2.42. The molecule has 0 spiro atoms. The van der Waals surface area contributed by atoms with Crippen LogP contribution in [0.15, 0.2) is 29.0 Å².